The fourth-order valence-electron chi connectivity index (χ4n) is 3.04. The van der Waals surface area contributed by atoms with Gasteiger partial charge in [0.15, 0.2) is 11.5 Å². The maximum Gasteiger partial charge on any atom is 0.268 e. The number of carbonyl (C=O) groups is 1. The standard InChI is InChI=1S/C20H22N2O4/c1-13-12-22(2)19(18(13)16-6-5-9-26-16)20(23)21-11-14-7-8-15(24-3)17(10-14)25-4/h5-10,12H,11H2,1-4H3,(H,21,23). The Hall–Kier alpha value is -3.15. The summed E-state index contributed by atoms with van der Waals surface area (Å²) in [6.07, 6.45) is 3.52. The molecule has 2 heterocycles. The molecular formula is C20H22N2O4. The largest absolute Gasteiger partial charge is 0.493 e. The van der Waals surface area contributed by atoms with Crippen LogP contribution in [0.15, 0.2) is 47.2 Å². The Morgan fingerprint density at radius 3 is 2.62 bits per heavy atom. The topological polar surface area (TPSA) is 65.6 Å². The minimum absolute atomic E-state index is 0.165. The van der Waals surface area contributed by atoms with Crippen LogP contribution in [0.1, 0.15) is 21.6 Å². The highest BCUT2D eigenvalue weighted by atomic mass is 16.5. The van der Waals surface area contributed by atoms with Gasteiger partial charge in [0.1, 0.15) is 11.5 Å². The smallest absolute Gasteiger partial charge is 0.268 e. The zero-order chi connectivity index (χ0) is 18.7. The highest BCUT2D eigenvalue weighted by molar-refractivity contribution is 5.99. The molecule has 0 saturated carbocycles. The fraction of sp³-hybridized carbons (Fsp3) is 0.250. The first-order chi connectivity index (χ1) is 12.5. The molecule has 2 aromatic heterocycles. The highest BCUT2D eigenvalue weighted by Crippen LogP contribution is 2.30. The molecule has 0 aliphatic rings. The lowest BCUT2D eigenvalue weighted by molar-refractivity contribution is 0.0943. The lowest BCUT2D eigenvalue weighted by atomic mass is 10.1. The number of amides is 1. The summed E-state index contributed by atoms with van der Waals surface area (Å²) in [5.41, 5.74) is 3.28. The van der Waals surface area contributed by atoms with Crippen LogP contribution in [0.4, 0.5) is 0 Å². The number of hydrogen-bond donors (Lipinski definition) is 1. The second kappa shape index (κ2) is 7.39. The van der Waals surface area contributed by atoms with E-state index in [0.717, 1.165) is 16.7 Å². The molecule has 6 nitrogen and oxygen atoms in total. The Bertz CT molecular complexity index is 910. The quantitative estimate of drug-likeness (QED) is 0.735. The summed E-state index contributed by atoms with van der Waals surface area (Å²) in [5.74, 6) is 1.80. The molecule has 0 bridgehead atoms. The van der Waals surface area contributed by atoms with Crippen molar-refractivity contribution >= 4 is 5.91 Å². The highest BCUT2D eigenvalue weighted by Gasteiger charge is 2.21. The molecule has 1 amide bonds. The molecule has 0 aliphatic heterocycles. The van der Waals surface area contributed by atoms with Gasteiger partial charge in [-0.05, 0) is 42.3 Å². The van der Waals surface area contributed by atoms with Gasteiger partial charge in [-0.15, -0.1) is 0 Å². The van der Waals surface area contributed by atoms with Crippen molar-refractivity contribution in [2.75, 3.05) is 14.2 Å². The van der Waals surface area contributed by atoms with Crippen molar-refractivity contribution in [3.63, 3.8) is 0 Å². The van der Waals surface area contributed by atoms with E-state index < -0.39 is 0 Å². The van der Waals surface area contributed by atoms with Crippen LogP contribution in [-0.4, -0.2) is 24.7 Å². The monoisotopic (exact) mass is 354 g/mol. The van der Waals surface area contributed by atoms with Crippen LogP contribution in [0.5, 0.6) is 11.5 Å². The SMILES string of the molecule is COc1ccc(CNC(=O)c2c(-c3ccco3)c(C)cn2C)cc1OC. The van der Waals surface area contributed by atoms with E-state index in [9.17, 15) is 4.79 Å². The summed E-state index contributed by atoms with van der Waals surface area (Å²) >= 11 is 0. The number of methoxy groups -OCH3 is 2. The van der Waals surface area contributed by atoms with Gasteiger partial charge in [0.2, 0.25) is 0 Å². The van der Waals surface area contributed by atoms with E-state index in [0.29, 0.717) is 29.5 Å². The van der Waals surface area contributed by atoms with Crippen LogP contribution in [0, 0.1) is 6.92 Å². The van der Waals surface area contributed by atoms with Gasteiger partial charge in [-0.2, -0.15) is 0 Å². The molecule has 0 atom stereocenters. The molecule has 3 aromatic rings. The first kappa shape index (κ1) is 17.7. The van der Waals surface area contributed by atoms with Crippen LogP contribution < -0.4 is 14.8 Å². The molecule has 6 heteroatoms. The minimum Gasteiger partial charge on any atom is -0.493 e. The summed E-state index contributed by atoms with van der Waals surface area (Å²) in [6, 6.07) is 9.23. The molecule has 0 aliphatic carbocycles. The number of benzene rings is 1. The predicted octanol–water partition coefficient (Wildman–Crippen LogP) is 3.54. The summed E-state index contributed by atoms with van der Waals surface area (Å²) < 4.78 is 17.9. The van der Waals surface area contributed by atoms with Crippen LogP contribution in [0.25, 0.3) is 11.3 Å². The van der Waals surface area contributed by atoms with Crippen LogP contribution in [0.3, 0.4) is 0 Å². The summed E-state index contributed by atoms with van der Waals surface area (Å²) in [7, 11) is 5.03. The third kappa shape index (κ3) is 3.31. The Kier molecular flexibility index (Phi) is 5.02. The van der Waals surface area contributed by atoms with Crippen molar-refractivity contribution in [2.45, 2.75) is 13.5 Å². The van der Waals surface area contributed by atoms with Crippen molar-refractivity contribution in [3.05, 3.63) is 59.6 Å². The van der Waals surface area contributed by atoms with E-state index in [-0.39, 0.29) is 5.91 Å². The second-order valence-corrected chi connectivity index (χ2v) is 6.00. The van der Waals surface area contributed by atoms with Gasteiger partial charge in [-0.3, -0.25) is 4.79 Å². The van der Waals surface area contributed by atoms with Gasteiger partial charge in [0, 0.05) is 19.8 Å². The van der Waals surface area contributed by atoms with E-state index in [1.54, 1.807) is 20.5 Å². The van der Waals surface area contributed by atoms with Crippen molar-refractivity contribution in [3.8, 4) is 22.8 Å². The number of ether oxygens (including phenoxy) is 2. The molecule has 3 rings (SSSR count). The average molecular weight is 354 g/mol. The van der Waals surface area contributed by atoms with Crippen molar-refractivity contribution < 1.29 is 18.7 Å². The van der Waals surface area contributed by atoms with Crippen molar-refractivity contribution in [2.24, 2.45) is 7.05 Å². The average Bonchev–Trinajstić information content (AvgIpc) is 3.26. The number of nitrogens with one attached hydrogen (secondary N) is 1. The number of rotatable bonds is 6. The Labute approximate surface area is 152 Å². The van der Waals surface area contributed by atoms with Gasteiger partial charge in [0.25, 0.3) is 5.91 Å². The Morgan fingerprint density at radius 2 is 1.96 bits per heavy atom. The van der Waals surface area contributed by atoms with Gasteiger partial charge in [-0.25, -0.2) is 0 Å². The lowest BCUT2D eigenvalue weighted by Gasteiger charge is -2.11. The van der Waals surface area contributed by atoms with Gasteiger partial charge in [0.05, 0.1) is 26.0 Å². The lowest BCUT2D eigenvalue weighted by Crippen LogP contribution is -2.25. The molecular weight excluding hydrogens is 332 g/mol. The van der Waals surface area contributed by atoms with Crippen molar-refractivity contribution in [1.82, 2.24) is 9.88 Å². The first-order valence-electron chi connectivity index (χ1n) is 8.24. The zero-order valence-corrected chi connectivity index (χ0v) is 15.3. The van der Waals surface area contributed by atoms with E-state index in [1.807, 2.05) is 55.1 Å². The van der Waals surface area contributed by atoms with E-state index in [1.165, 1.54) is 0 Å². The molecule has 136 valence electrons. The zero-order valence-electron chi connectivity index (χ0n) is 15.3. The van der Waals surface area contributed by atoms with Gasteiger partial charge >= 0.3 is 0 Å². The van der Waals surface area contributed by atoms with Gasteiger partial charge < -0.3 is 23.8 Å². The molecule has 1 aromatic carbocycles. The van der Waals surface area contributed by atoms with Gasteiger partial charge in [-0.1, -0.05) is 6.07 Å². The summed E-state index contributed by atoms with van der Waals surface area (Å²) in [4.78, 5) is 12.8. The van der Waals surface area contributed by atoms with Crippen LogP contribution in [-0.2, 0) is 13.6 Å². The number of hydrogen-bond acceptors (Lipinski definition) is 4. The fourth-order valence-corrected chi connectivity index (χ4v) is 3.04. The normalized spacial score (nSPS) is 10.6. The van der Waals surface area contributed by atoms with Crippen molar-refractivity contribution in [1.29, 1.82) is 0 Å². The maximum absolute atomic E-state index is 12.8. The molecule has 0 radical (unpaired) electrons. The molecule has 0 unspecified atom stereocenters. The summed E-state index contributed by atoms with van der Waals surface area (Å²) in [6.45, 7) is 2.34. The molecule has 0 fully saturated rings. The Morgan fingerprint density at radius 1 is 1.19 bits per heavy atom. The molecule has 0 spiro atoms. The second-order valence-electron chi connectivity index (χ2n) is 6.00. The number of furan rings is 1. The van der Waals surface area contributed by atoms with Crippen LogP contribution >= 0.6 is 0 Å². The van der Waals surface area contributed by atoms with E-state index in [4.69, 9.17) is 13.9 Å². The molecule has 1 N–H and O–H groups in total. The number of aromatic nitrogens is 1. The van der Waals surface area contributed by atoms with E-state index in [2.05, 4.69) is 5.32 Å². The third-order valence-electron chi connectivity index (χ3n) is 4.25. The predicted molar refractivity (Wildman–Crippen MR) is 98.6 cm³/mol. The Balaban J connectivity index is 1.82. The first-order valence-corrected chi connectivity index (χ1v) is 8.24. The van der Waals surface area contributed by atoms with Crippen LogP contribution in [0.2, 0.25) is 0 Å². The number of aryl methyl sites for hydroxylation is 2. The number of carbonyl (C=O) groups excluding carboxylic acids is 1. The van der Waals surface area contributed by atoms with E-state index >= 15 is 0 Å². The third-order valence-corrected chi connectivity index (χ3v) is 4.25. The molecule has 0 saturated heterocycles. The molecule has 26 heavy (non-hydrogen) atoms. The maximum atomic E-state index is 12.8. The minimum atomic E-state index is -0.165. The number of nitrogens with zero attached hydrogens (tertiary/aromatic N) is 1. The summed E-state index contributed by atoms with van der Waals surface area (Å²) in [5, 5.41) is 2.96.